The van der Waals surface area contributed by atoms with Crippen LogP contribution in [0.25, 0.3) is 0 Å². The number of nitrogens with zero attached hydrogens (tertiary/aromatic N) is 2. The summed E-state index contributed by atoms with van der Waals surface area (Å²) in [6.45, 7) is 4.06. The van der Waals surface area contributed by atoms with Crippen LogP contribution in [0, 0.1) is 25.7 Å². The van der Waals surface area contributed by atoms with Gasteiger partial charge < -0.3 is 10.1 Å². The molecule has 8 heteroatoms. The summed E-state index contributed by atoms with van der Waals surface area (Å²) in [6.07, 6.45) is 6.70. The number of nitrogens with one attached hydrogen (secondary N) is 2. The zero-order chi connectivity index (χ0) is 22.8. The second-order valence-corrected chi connectivity index (χ2v) is 8.08. The Morgan fingerprint density at radius 1 is 1.22 bits per heavy atom. The molecule has 1 aromatic heterocycles. The third-order valence-electron chi connectivity index (χ3n) is 6.06. The molecule has 2 aromatic rings. The molecule has 166 valence electrons. The smallest absolute Gasteiger partial charge is 0.251 e. The minimum absolute atomic E-state index is 0.164. The molecular formula is C24H26N4O4. The Labute approximate surface area is 186 Å². The van der Waals surface area contributed by atoms with E-state index in [9.17, 15) is 14.4 Å². The van der Waals surface area contributed by atoms with Crippen LogP contribution in [-0.4, -0.2) is 29.8 Å². The number of benzene rings is 1. The molecule has 0 saturated carbocycles. The van der Waals surface area contributed by atoms with Crippen molar-refractivity contribution in [2.24, 2.45) is 11.8 Å². The van der Waals surface area contributed by atoms with Crippen molar-refractivity contribution < 1.29 is 19.1 Å². The Morgan fingerprint density at radius 3 is 2.72 bits per heavy atom. The van der Waals surface area contributed by atoms with Crippen LogP contribution in [0.2, 0.25) is 0 Å². The molecule has 4 rings (SSSR count). The summed E-state index contributed by atoms with van der Waals surface area (Å²) in [7, 11) is 1.61. The van der Waals surface area contributed by atoms with Crippen LogP contribution in [0.5, 0.6) is 5.75 Å². The van der Waals surface area contributed by atoms with Gasteiger partial charge in [-0.15, -0.1) is 0 Å². The van der Waals surface area contributed by atoms with E-state index in [1.807, 2.05) is 26.0 Å². The van der Waals surface area contributed by atoms with E-state index >= 15 is 0 Å². The predicted octanol–water partition coefficient (Wildman–Crippen LogP) is 2.60. The molecule has 0 radical (unpaired) electrons. The van der Waals surface area contributed by atoms with Crippen LogP contribution < -0.4 is 20.5 Å². The van der Waals surface area contributed by atoms with Gasteiger partial charge in [0.25, 0.3) is 5.91 Å². The number of carbonyl (C=O) groups is 3. The lowest BCUT2D eigenvalue weighted by molar-refractivity contribution is -0.139. The summed E-state index contributed by atoms with van der Waals surface area (Å²) in [4.78, 5) is 42.7. The molecule has 32 heavy (non-hydrogen) atoms. The first-order valence-electron chi connectivity index (χ1n) is 10.6. The summed E-state index contributed by atoms with van der Waals surface area (Å²) in [6, 6.07) is 6.65. The van der Waals surface area contributed by atoms with Crippen LogP contribution in [-0.2, 0) is 16.1 Å². The van der Waals surface area contributed by atoms with Crippen molar-refractivity contribution in [1.82, 2.24) is 15.7 Å². The summed E-state index contributed by atoms with van der Waals surface area (Å²) < 4.78 is 5.42. The van der Waals surface area contributed by atoms with Crippen molar-refractivity contribution in [1.29, 1.82) is 0 Å². The van der Waals surface area contributed by atoms with Gasteiger partial charge in [0.1, 0.15) is 5.75 Å². The van der Waals surface area contributed by atoms with E-state index in [-0.39, 0.29) is 36.1 Å². The molecule has 1 fully saturated rings. The number of aryl methyl sites for hydroxylation is 1. The number of hydrazine groups is 1. The van der Waals surface area contributed by atoms with E-state index in [1.165, 1.54) is 5.01 Å². The van der Waals surface area contributed by atoms with Crippen LogP contribution >= 0.6 is 0 Å². The molecule has 1 aromatic carbocycles. The summed E-state index contributed by atoms with van der Waals surface area (Å²) in [5, 5.41) is 4.13. The van der Waals surface area contributed by atoms with Crippen molar-refractivity contribution in [2.45, 2.75) is 33.2 Å². The van der Waals surface area contributed by atoms with Crippen molar-refractivity contribution >= 4 is 23.4 Å². The van der Waals surface area contributed by atoms with E-state index < -0.39 is 0 Å². The Kier molecular flexibility index (Phi) is 5.94. The van der Waals surface area contributed by atoms with E-state index in [0.29, 0.717) is 29.8 Å². The number of fused-ring (bicyclic) bond motifs is 1. The fourth-order valence-electron chi connectivity index (χ4n) is 4.28. The van der Waals surface area contributed by atoms with E-state index in [1.54, 1.807) is 37.6 Å². The molecule has 2 atom stereocenters. The number of methoxy groups -OCH3 is 1. The van der Waals surface area contributed by atoms with Gasteiger partial charge in [-0.25, -0.2) is 5.01 Å². The number of rotatable bonds is 5. The fourth-order valence-corrected chi connectivity index (χ4v) is 4.28. The number of hydrogen-bond donors (Lipinski definition) is 2. The van der Waals surface area contributed by atoms with E-state index in [2.05, 4.69) is 15.7 Å². The van der Waals surface area contributed by atoms with Crippen molar-refractivity contribution in [3.63, 3.8) is 0 Å². The number of pyridine rings is 1. The van der Waals surface area contributed by atoms with Crippen molar-refractivity contribution in [3.8, 4) is 5.75 Å². The molecule has 2 aliphatic rings. The lowest BCUT2D eigenvalue weighted by Gasteiger charge is -2.38. The maximum absolute atomic E-state index is 13.0. The largest absolute Gasteiger partial charge is 0.496 e. The summed E-state index contributed by atoms with van der Waals surface area (Å²) >= 11 is 0. The van der Waals surface area contributed by atoms with Crippen LogP contribution in [0.4, 0.5) is 5.69 Å². The van der Waals surface area contributed by atoms with E-state index in [0.717, 1.165) is 16.9 Å². The Bertz CT molecular complexity index is 1110. The molecule has 8 nitrogen and oxygen atoms in total. The van der Waals surface area contributed by atoms with Gasteiger partial charge in [-0.3, -0.25) is 24.8 Å². The monoisotopic (exact) mass is 434 g/mol. The molecule has 1 aliphatic carbocycles. The minimum atomic E-state index is -0.378. The summed E-state index contributed by atoms with van der Waals surface area (Å²) in [5.74, 6) is -0.607. The second kappa shape index (κ2) is 8.82. The topological polar surface area (TPSA) is 101 Å². The molecule has 3 amide bonds. The van der Waals surface area contributed by atoms with Gasteiger partial charge in [-0.05, 0) is 44.9 Å². The molecule has 1 aliphatic heterocycles. The van der Waals surface area contributed by atoms with Gasteiger partial charge in [0.15, 0.2) is 0 Å². The molecule has 2 unspecified atom stereocenters. The highest BCUT2D eigenvalue weighted by Gasteiger charge is 2.42. The van der Waals surface area contributed by atoms with E-state index in [4.69, 9.17) is 4.74 Å². The maximum Gasteiger partial charge on any atom is 0.251 e. The van der Waals surface area contributed by atoms with Gasteiger partial charge in [-0.2, -0.15) is 0 Å². The first-order valence-corrected chi connectivity index (χ1v) is 10.6. The number of amides is 3. The highest BCUT2D eigenvalue weighted by atomic mass is 16.5. The quantitative estimate of drug-likeness (QED) is 0.705. The number of anilines is 1. The lowest BCUT2D eigenvalue weighted by atomic mass is 9.80. The van der Waals surface area contributed by atoms with Gasteiger partial charge in [0, 0.05) is 22.9 Å². The number of ether oxygens (including phenoxy) is 1. The minimum Gasteiger partial charge on any atom is -0.496 e. The van der Waals surface area contributed by atoms with Crippen LogP contribution in [0.15, 0.2) is 42.6 Å². The second-order valence-electron chi connectivity index (χ2n) is 8.08. The molecule has 0 spiro atoms. The zero-order valence-corrected chi connectivity index (χ0v) is 18.3. The third-order valence-corrected chi connectivity index (χ3v) is 6.06. The Balaban J connectivity index is 1.50. The lowest BCUT2D eigenvalue weighted by Crippen LogP contribution is -2.59. The molecular weight excluding hydrogens is 408 g/mol. The van der Waals surface area contributed by atoms with Crippen molar-refractivity contribution in [2.75, 3.05) is 12.1 Å². The highest BCUT2D eigenvalue weighted by Crippen LogP contribution is 2.32. The highest BCUT2D eigenvalue weighted by molar-refractivity contribution is 6.05. The average Bonchev–Trinajstić information content (AvgIpc) is 2.81. The summed E-state index contributed by atoms with van der Waals surface area (Å²) in [5.41, 5.74) is 6.04. The third kappa shape index (κ3) is 3.95. The Hall–Kier alpha value is -3.68. The molecule has 0 bridgehead atoms. The number of allylic oxidation sites excluding steroid dienone is 2. The predicted molar refractivity (Wildman–Crippen MR) is 119 cm³/mol. The first-order chi connectivity index (χ1) is 15.4. The maximum atomic E-state index is 13.0. The molecule has 2 heterocycles. The van der Waals surface area contributed by atoms with Gasteiger partial charge >= 0.3 is 0 Å². The van der Waals surface area contributed by atoms with Crippen LogP contribution in [0.1, 0.15) is 40.0 Å². The molecule has 1 saturated heterocycles. The number of carbonyl (C=O) groups excluding carboxylic acids is 3. The molecule has 2 N–H and O–H groups in total. The first kappa shape index (κ1) is 21.5. The zero-order valence-electron chi connectivity index (χ0n) is 18.3. The van der Waals surface area contributed by atoms with Gasteiger partial charge in [-0.1, -0.05) is 18.2 Å². The SMILES string of the molecule is COc1c(C)cnc(CNC(=O)c2cccc(N3NC(=O)C4CC=CCC4C3=O)c2)c1C. The van der Waals surface area contributed by atoms with Gasteiger partial charge in [0.05, 0.1) is 36.9 Å². The van der Waals surface area contributed by atoms with Gasteiger partial charge in [0.2, 0.25) is 11.8 Å². The fraction of sp³-hybridized carbons (Fsp3) is 0.333. The normalized spacial score (nSPS) is 19.9. The standard InChI is InChI=1S/C24H26N4O4/c1-14-12-25-20(15(2)21(14)32-3)13-26-22(29)16-7-6-8-17(11-16)28-24(31)19-10-5-4-9-18(19)23(30)27-28/h4-8,11-12,18-19H,9-10,13H2,1-3H3,(H,26,29)(H,27,30). The Morgan fingerprint density at radius 2 is 1.97 bits per heavy atom. The van der Waals surface area contributed by atoms with Crippen LogP contribution in [0.3, 0.4) is 0 Å². The van der Waals surface area contributed by atoms with Crippen molar-refractivity contribution in [3.05, 3.63) is 65.0 Å². The number of aromatic nitrogens is 1. The number of hydrogen-bond acceptors (Lipinski definition) is 5. The average molecular weight is 434 g/mol.